The zero-order valence-corrected chi connectivity index (χ0v) is 14.0. The zero-order valence-electron chi connectivity index (χ0n) is 13.2. The lowest BCUT2D eigenvalue weighted by molar-refractivity contribution is 0.395. The molecule has 0 amide bonds. The smallest absolute Gasteiger partial charge is 0.122 e. The molecule has 1 unspecified atom stereocenters. The Bertz CT molecular complexity index is 347. The van der Waals surface area contributed by atoms with Crippen molar-refractivity contribution in [2.24, 2.45) is 5.92 Å². The molecule has 0 fully saturated rings. The van der Waals surface area contributed by atoms with Crippen LogP contribution in [0.2, 0.25) is 0 Å². The summed E-state index contributed by atoms with van der Waals surface area (Å²) in [7, 11) is 1.76. The quantitative estimate of drug-likeness (QED) is 0.624. The van der Waals surface area contributed by atoms with Gasteiger partial charge in [0.2, 0.25) is 0 Å². The summed E-state index contributed by atoms with van der Waals surface area (Å²) in [5.41, 5.74) is 1.34. The molecule has 0 heterocycles. The first-order valence-corrected chi connectivity index (χ1v) is 9.02. The van der Waals surface area contributed by atoms with Crippen molar-refractivity contribution in [2.45, 2.75) is 32.6 Å². The van der Waals surface area contributed by atoms with E-state index in [1.807, 2.05) is 17.8 Å². The summed E-state index contributed by atoms with van der Waals surface area (Å²) in [5.74, 6) is 2.98. The molecule has 3 heteroatoms. The van der Waals surface area contributed by atoms with Gasteiger partial charge < -0.3 is 10.1 Å². The molecule has 20 heavy (non-hydrogen) atoms. The van der Waals surface area contributed by atoms with Gasteiger partial charge in [0, 0.05) is 0 Å². The van der Waals surface area contributed by atoms with Gasteiger partial charge in [-0.05, 0) is 68.3 Å². The maximum Gasteiger partial charge on any atom is 0.122 e. The molecule has 0 aromatic heterocycles. The van der Waals surface area contributed by atoms with Gasteiger partial charge in [0.05, 0.1) is 7.11 Å². The monoisotopic (exact) mass is 295 g/mol. The van der Waals surface area contributed by atoms with Crippen LogP contribution in [-0.2, 0) is 6.42 Å². The summed E-state index contributed by atoms with van der Waals surface area (Å²) in [6.45, 7) is 4.45. The van der Waals surface area contributed by atoms with E-state index in [1.165, 1.54) is 30.6 Å². The fourth-order valence-corrected chi connectivity index (χ4v) is 2.91. The van der Waals surface area contributed by atoms with Crippen LogP contribution in [0.25, 0.3) is 0 Å². The van der Waals surface area contributed by atoms with E-state index in [2.05, 4.69) is 36.7 Å². The fraction of sp³-hybridized carbons (Fsp3) is 0.647. The number of rotatable bonds is 11. The van der Waals surface area contributed by atoms with Gasteiger partial charge in [0.25, 0.3) is 0 Å². The highest BCUT2D eigenvalue weighted by molar-refractivity contribution is 7.98. The van der Waals surface area contributed by atoms with Crippen LogP contribution in [0.4, 0.5) is 0 Å². The van der Waals surface area contributed by atoms with Gasteiger partial charge in [-0.1, -0.05) is 25.1 Å². The Morgan fingerprint density at radius 2 is 2.10 bits per heavy atom. The maximum atomic E-state index is 5.47. The lowest BCUT2D eigenvalue weighted by atomic mass is 9.94. The molecule has 2 nitrogen and oxygen atoms in total. The van der Waals surface area contributed by atoms with Gasteiger partial charge in [-0.2, -0.15) is 11.8 Å². The molecule has 1 rings (SSSR count). The van der Waals surface area contributed by atoms with Gasteiger partial charge in [-0.15, -0.1) is 0 Å². The SMILES string of the molecule is CCCNCC(CCCSC)Cc1ccccc1OC. The average molecular weight is 295 g/mol. The minimum Gasteiger partial charge on any atom is -0.496 e. The van der Waals surface area contributed by atoms with E-state index in [4.69, 9.17) is 4.74 Å². The van der Waals surface area contributed by atoms with Crippen LogP contribution >= 0.6 is 11.8 Å². The van der Waals surface area contributed by atoms with Crippen molar-refractivity contribution in [1.82, 2.24) is 5.32 Å². The van der Waals surface area contributed by atoms with Gasteiger partial charge in [0.15, 0.2) is 0 Å². The number of benzene rings is 1. The Morgan fingerprint density at radius 3 is 2.80 bits per heavy atom. The highest BCUT2D eigenvalue weighted by atomic mass is 32.2. The highest BCUT2D eigenvalue weighted by Gasteiger charge is 2.12. The van der Waals surface area contributed by atoms with E-state index in [-0.39, 0.29) is 0 Å². The van der Waals surface area contributed by atoms with Crippen LogP contribution in [-0.4, -0.2) is 32.2 Å². The van der Waals surface area contributed by atoms with Crippen molar-refractivity contribution in [3.63, 3.8) is 0 Å². The molecule has 0 saturated carbocycles. The molecule has 0 saturated heterocycles. The Kier molecular flexibility index (Phi) is 9.60. The van der Waals surface area contributed by atoms with Crippen LogP contribution in [0.1, 0.15) is 31.7 Å². The molecule has 0 spiro atoms. The third-order valence-electron chi connectivity index (χ3n) is 3.52. The molecule has 1 aromatic carbocycles. The summed E-state index contributed by atoms with van der Waals surface area (Å²) in [4.78, 5) is 0. The van der Waals surface area contributed by atoms with Crippen LogP contribution in [0.5, 0.6) is 5.75 Å². The molecule has 0 bridgehead atoms. The summed E-state index contributed by atoms with van der Waals surface area (Å²) in [5, 5.41) is 3.57. The van der Waals surface area contributed by atoms with E-state index in [9.17, 15) is 0 Å². The molecule has 114 valence electrons. The summed E-state index contributed by atoms with van der Waals surface area (Å²) < 4.78 is 5.47. The van der Waals surface area contributed by atoms with Crippen LogP contribution in [0.3, 0.4) is 0 Å². The molecule has 0 aliphatic heterocycles. The third-order valence-corrected chi connectivity index (χ3v) is 4.22. The third kappa shape index (κ3) is 6.67. The van der Waals surface area contributed by atoms with Crippen molar-refractivity contribution in [3.05, 3.63) is 29.8 Å². The summed E-state index contributed by atoms with van der Waals surface area (Å²) >= 11 is 1.94. The first-order valence-electron chi connectivity index (χ1n) is 7.63. The number of nitrogens with one attached hydrogen (secondary N) is 1. The van der Waals surface area contributed by atoms with Gasteiger partial charge in [-0.25, -0.2) is 0 Å². The lowest BCUT2D eigenvalue weighted by Gasteiger charge is -2.19. The van der Waals surface area contributed by atoms with Crippen molar-refractivity contribution in [1.29, 1.82) is 0 Å². The lowest BCUT2D eigenvalue weighted by Crippen LogP contribution is -2.25. The number of ether oxygens (including phenoxy) is 1. The number of hydrogen-bond donors (Lipinski definition) is 1. The van der Waals surface area contributed by atoms with Gasteiger partial charge in [-0.3, -0.25) is 0 Å². The van der Waals surface area contributed by atoms with Crippen molar-refractivity contribution >= 4 is 11.8 Å². The second kappa shape index (κ2) is 11.0. The van der Waals surface area contributed by atoms with E-state index in [0.29, 0.717) is 5.92 Å². The molecular formula is C17H29NOS. The summed E-state index contributed by atoms with van der Waals surface area (Å²) in [6, 6.07) is 8.41. The van der Waals surface area contributed by atoms with E-state index in [1.54, 1.807) is 7.11 Å². The summed E-state index contributed by atoms with van der Waals surface area (Å²) in [6.07, 6.45) is 7.08. The molecule has 1 aromatic rings. The Labute approximate surface area is 128 Å². The molecule has 0 aliphatic rings. The minimum absolute atomic E-state index is 0.699. The second-order valence-corrected chi connectivity index (χ2v) is 6.21. The first-order chi connectivity index (χ1) is 9.81. The van der Waals surface area contributed by atoms with Crippen LogP contribution < -0.4 is 10.1 Å². The Morgan fingerprint density at radius 1 is 1.30 bits per heavy atom. The number of hydrogen-bond acceptors (Lipinski definition) is 3. The highest BCUT2D eigenvalue weighted by Crippen LogP contribution is 2.23. The Hall–Kier alpha value is -0.670. The zero-order chi connectivity index (χ0) is 14.6. The van der Waals surface area contributed by atoms with Crippen LogP contribution in [0.15, 0.2) is 24.3 Å². The van der Waals surface area contributed by atoms with Gasteiger partial charge in [0.1, 0.15) is 5.75 Å². The van der Waals surface area contributed by atoms with Crippen molar-refractivity contribution in [2.75, 3.05) is 32.2 Å². The van der Waals surface area contributed by atoms with Crippen LogP contribution in [0, 0.1) is 5.92 Å². The molecule has 1 atom stereocenters. The van der Waals surface area contributed by atoms with E-state index < -0.39 is 0 Å². The normalized spacial score (nSPS) is 12.3. The molecule has 1 N–H and O–H groups in total. The first kappa shape index (κ1) is 17.4. The van der Waals surface area contributed by atoms with Crippen molar-refractivity contribution in [3.8, 4) is 5.75 Å². The van der Waals surface area contributed by atoms with E-state index >= 15 is 0 Å². The number of methoxy groups -OCH3 is 1. The van der Waals surface area contributed by atoms with Crippen molar-refractivity contribution < 1.29 is 4.74 Å². The second-order valence-electron chi connectivity index (χ2n) is 5.22. The number of para-hydroxylation sites is 1. The maximum absolute atomic E-state index is 5.47. The fourth-order valence-electron chi connectivity index (χ4n) is 2.46. The number of thioether (sulfide) groups is 1. The minimum atomic E-state index is 0.699. The predicted molar refractivity (Wildman–Crippen MR) is 91.0 cm³/mol. The topological polar surface area (TPSA) is 21.3 Å². The Balaban J connectivity index is 2.56. The van der Waals surface area contributed by atoms with Gasteiger partial charge >= 0.3 is 0 Å². The average Bonchev–Trinajstić information content (AvgIpc) is 2.48. The largest absolute Gasteiger partial charge is 0.496 e. The molecule has 0 radical (unpaired) electrons. The molecule has 0 aliphatic carbocycles. The van der Waals surface area contributed by atoms with E-state index in [0.717, 1.165) is 25.3 Å². The predicted octanol–water partition coefficient (Wildman–Crippen LogP) is 4.00. The molecular weight excluding hydrogens is 266 g/mol. The standard InChI is InChI=1S/C17H29NOS/c1-4-11-18-14-15(8-7-12-20-3)13-16-9-5-6-10-17(16)19-2/h5-6,9-10,15,18H,4,7-8,11-14H2,1-3H3.